The lowest BCUT2D eigenvalue weighted by atomic mass is 10.2. The fraction of sp³-hybridized carbons (Fsp3) is 0.286. The monoisotopic (exact) mass is 476 g/mol. The Labute approximate surface area is 190 Å². The van der Waals surface area contributed by atoms with E-state index in [0.29, 0.717) is 17.5 Å². The van der Waals surface area contributed by atoms with Crippen molar-refractivity contribution in [1.82, 2.24) is 14.7 Å². The van der Waals surface area contributed by atoms with Gasteiger partial charge in [-0.3, -0.25) is 0 Å². The lowest BCUT2D eigenvalue weighted by Gasteiger charge is -2.13. The predicted octanol–water partition coefficient (Wildman–Crippen LogP) is 2.68. The zero-order chi connectivity index (χ0) is 22.7. The Bertz CT molecular complexity index is 1260. The highest BCUT2D eigenvalue weighted by atomic mass is 35.5. The van der Waals surface area contributed by atoms with Crippen molar-refractivity contribution >= 4 is 44.3 Å². The van der Waals surface area contributed by atoms with Crippen LogP contribution in [0.5, 0.6) is 0 Å². The van der Waals surface area contributed by atoms with Gasteiger partial charge in [-0.25, -0.2) is 27.9 Å². The zero-order valence-corrected chi connectivity index (χ0v) is 18.5. The Balaban J connectivity index is 1.47. The molecule has 2 aromatic carbocycles. The van der Waals surface area contributed by atoms with Crippen LogP contribution < -0.4 is 10.5 Å². The molecular formula is C21H21ClN4O5S. The van der Waals surface area contributed by atoms with Crippen LogP contribution in [0.15, 0.2) is 47.4 Å². The maximum Gasteiger partial charge on any atom is 0.338 e. The maximum absolute atomic E-state index is 12.7. The Hall–Kier alpha value is -2.79. The molecule has 1 unspecified atom stereocenters. The zero-order valence-electron chi connectivity index (χ0n) is 17.0. The number of nitrogens with one attached hydrogen (secondary N) is 1. The van der Waals surface area contributed by atoms with Gasteiger partial charge in [-0.2, -0.15) is 0 Å². The second-order valence-corrected chi connectivity index (χ2v) is 9.39. The molecule has 0 saturated carbocycles. The molecule has 2 heterocycles. The summed E-state index contributed by atoms with van der Waals surface area (Å²) in [5.74, 6) is -0.235. The summed E-state index contributed by atoms with van der Waals surface area (Å²) in [7, 11) is -3.94. The lowest BCUT2D eigenvalue weighted by Crippen LogP contribution is -2.32. The number of nitrogens with two attached hydrogens (primary N) is 1. The van der Waals surface area contributed by atoms with Crippen molar-refractivity contribution in [2.24, 2.45) is 0 Å². The number of carbonyl (C=O) groups excluding carboxylic acids is 1. The first-order valence-corrected chi connectivity index (χ1v) is 11.8. The van der Waals surface area contributed by atoms with E-state index in [1.165, 1.54) is 18.2 Å². The first-order chi connectivity index (χ1) is 15.3. The smallest absolute Gasteiger partial charge is 0.338 e. The van der Waals surface area contributed by atoms with Crippen molar-refractivity contribution in [2.45, 2.75) is 30.4 Å². The molecule has 168 valence electrons. The molecule has 3 N–H and O–H groups in total. The second kappa shape index (κ2) is 9.37. The molecule has 0 spiro atoms. The number of nitrogens with zero attached hydrogens (tertiary/aromatic N) is 2. The number of aromatic nitrogens is 2. The van der Waals surface area contributed by atoms with E-state index in [1.54, 1.807) is 12.1 Å². The summed E-state index contributed by atoms with van der Waals surface area (Å²) in [5, 5.41) is 0.692. The quantitative estimate of drug-likeness (QED) is 0.497. The van der Waals surface area contributed by atoms with Gasteiger partial charge >= 0.3 is 5.97 Å². The first kappa shape index (κ1) is 22.4. The number of para-hydroxylation sites is 1. The fourth-order valence-electron chi connectivity index (χ4n) is 3.35. The summed E-state index contributed by atoms with van der Waals surface area (Å²) in [5.41, 5.74) is 6.60. The number of esters is 1. The van der Waals surface area contributed by atoms with Crippen LogP contribution in [0, 0.1) is 0 Å². The number of carbonyl (C=O) groups is 1. The molecule has 1 saturated heterocycles. The number of hydrogen-bond donors (Lipinski definition) is 2. The Morgan fingerprint density at radius 2 is 2.06 bits per heavy atom. The Kier molecular flexibility index (Phi) is 6.56. The van der Waals surface area contributed by atoms with Gasteiger partial charge in [0.05, 0.1) is 22.2 Å². The largest absolute Gasteiger partial charge is 0.454 e. The summed E-state index contributed by atoms with van der Waals surface area (Å²) >= 11 is 6.09. The molecule has 1 aliphatic heterocycles. The Morgan fingerprint density at radius 1 is 1.25 bits per heavy atom. The van der Waals surface area contributed by atoms with Gasteiger partial charge < -0.3 is 15.2 Å². The molecule has 32 heavy (non-hydrogen) atoms. The number of hydrogen-bond acceptors (Lipinski definition) is 8. The summed E-state index contributed by atoms with van der Waals surface area (Å²) < 4.78 is 38.6. The lowest BCUT2D eigenvalue weighted by molar-refractivity contribution is 0.0462. The normalized spacial score (nSPS) is 16.3. The van der Waals surface area contributed by atoms with E-state index in [1.807, 2.05) is 12.1 Å². The molecule has 1 fully saturated rings. The van der Waals surface area contributed by atoms with Crippen LogP contribution in [0.4, 0.5) is 5.82 Å². The number of halogens is 1. The molecule has 0 radical (unpaired) electrons. The van der Waals surface area contributed by atoms with Crippen LogP contribution >= 0.6 is 11.6 Å². The molecule has 4 rings (SSSR count). The summed E-state index contributed by atoms with van der Waals surface area (Å²) in [4.78, 5) is 20.8. The summed E-state index contributed by atoms with van der Waals surface area (Å²) in [6, 6.07) is 11.1. The highest BCUT2D eigenvalue weighted by Gasteiger charge is 2.24. The molecule has 11 heteroatoms. The number of anilines is 1. The Morgan fingerprint density at radius 3 is 2.84 bits per heavy atom. The average Bonchev–Trinajstić information content (AvgIpc) is 3.30. The highest BCUT2D eigenvalue weighted by Crippen LogP contribution is 2.24. The van der Waals surface area contributed by atoms with Crippen molar-refractivity contribution in [2.75, 3.05) is 18.9 Å². The van der Waals surface area contributed by atoms with Crippen molar-refractivity contribution < 1.29 is 22.7 Å². The molecule has 1 aliphatic rings. The maximum atomic E-state index is 12.7. The van der Waals surface area contributed by atoms with Crippen LogP contribution in [0.3, 0.4) is 0 Å². The molecule has 1 atom stereocenters. The van der Waals surface area contributed by atoms with E-state index in [-0.39, 0.29) is 46.4 Å². The van der Waals surface area contributed by atoms with Gasteiger partial charge in [-0.05, 0) is 43.2 Å². The third-order valence-electron chi connectivity index (χ3n) is 4.99. The minimum atomic E-state index is -3.94. The molecule has 0 amide bonds. The number of nitrogen functional groups attached to an aromatic ring is 1. The van der Waals surface area contributed by atoms with Crippen molar-refractivity contribution in [3.63, 3.8) is 0 Å². The van der Waals surface area contributed by atoms with Crippen LogP contribution in [0.2, 0.25) is 5.02 Å². The third-order valence-corrected chi connectivity index (χ3v) is 6.90. The highest BCUT2D eigenvalue weighted by molar-refractivity contribution is 7.89. The standard InChI is InChI=1S/C21H21ClN4O5S/c22-16-8-7-13(10-18(16)32(28,29)24-11-14-4-3-9-30-14)21(27)31-12-19-25-17-6-2-1-5-15(17)20(23)26-19/h1-2,5-8,10,14,24H,3-4,9,11-12H2,(H2,23,25,26). The minimum absolute atomic E-state index is 0.00738. The number of benzene rings is 2. The molecular weight excluding hydrogens is 456 g/mol. The molecule has 1 aromatic heterocycles. The van der Waals surface area contributed by atoms with E-state index in [9.17, 15) is 13.2 Å². The van der Waals surface area contributed by atoms with Crippen LogP contribution in [0.25, 0.3) is 10.9 Å². The van der Waals surface area contributed by atoms with E-state index in [4.69, 9.17) is 26.8 Å². The van der Waals surface area contributed by atoms with E-state index < -0.39 is 16.0 Å². The molecule has 9 nitrogen and oxygen atoms in total. The van der Waals surface area contributed by atoms with Gasteiger partial charge in [0.2, 0.25) is 10.0 Å². The van der Waals surface area contributed by atoms with Crippen LogP contribution in [0.1, 0.15) is 29.0 Å². The van der Waals surface area contributed by atoms with Gasteiger partial charge in [0, 0.05) is 18.5 Å². The van der Waals surface area contributed by atoms with Crippen molar-refractivity contribution in [1.29, 1.82) is 0 Å². The first-order valence-electron chi connectivity index (χ1n) is 9.92. The van der Waals surface area contributed by atoms with E-state index in [2.05, 4.69) is 14.7 Å². The van der Waals surface area contributed by atoms with Gasteiger partial charge in [-0.15, -0.1) is 0 Å². The molecule has 0 aliphatic carbocycles. The molecule has 0 bridgehead atoms. The number of ether oxygens (including phenoxy) is 2. The molecule has 3 aromatic rings. The fourth-order valence-corrected chi connectivity index (χ4v) is 4.94. The second-order valence-electron chi connectivity index (χ2n) is 7.25. The van der Waals surface area contributed by atoms with Gasteiger partial charge in [-0.1, -0.05) is 23.7 Å². The van der Waals surface area contributed by atoms with E-state index >= 15 is 0 Å². The van der Waals surface area contributed by atoms with Gasteiger partial charge in [0.1, 0.15) is 10.7 Å². The number of fused-ring (bicyclic) bond motifs is 1. The predicted molar refractivity (Wildman–Crippen MR) is 119 cm³/mol. The summed E-state index contributed by atoms with van der Waals surface area (Å²) in [6.07, 6.45) is 1.50. The number of sulfonamides is 1. The minimum Gasteiger partial charge on any atom is -0.454 e. The van der Waals surface area contributed by atoms with Gasteiger partial charge in [0.15, 0.2) is 12.4 Å². The summed E-state index contributed by atoms with van der Waals surface area (Å²) in [6.45, 7) is 0.519. The third kappa shape index (κ3) is 4.99. The van der Waals surface area contributed by atoms with Crippen molar-refractivity contribution in [3.8, 4) is 0 Å². The van der Waals surface area contributed by atoms with Crippen LogP contribution in [-0.2, 0) is 26.1 Å². The SMILES string of the molecule is Nc1nc(COC(=O)c2ccc(Cl)c(S(=O)(=O)NCC3CCCO3)c2)nc2ccccc12. The van der Waals surface area contributed by atoms with Crippen LogP contribution in [-0.4, -0.2) is 43.6 Å². The van der Waals surface area contributed by atoms with E-state index in [0.717, 1.165) is 12.8 Å². The topological polar surface area (TPSA) is 134 Å². The van der Waals surface area contributed by atoms with Gasteiger partial charge in [0.25, 0.3) is 0 Å². The number of rotatable bonds is 7. The van der Waals surface area contributed by atoms with Crippen molar-refractivity contribution in [3.05, 3.63) is 58.9 Å². The average molecular weight is 477 g/mol.